The quantitative estimate of drug-likeness (QED) is 0.848. The summed E-state index contributed by atoms with van der Waals surface area (Å²) in [5.41, 5.74) is 1.49. The Bertz CT molecular complexity index is 486. The first-order valence-electron chi connectivity index (χ1n) is 6.18. The fourth-order valence-electron chi connectivity index (χ4n) is 2.20. The van der Waals surface area contributed by atoms with Gasteiger partial charge in [0.05, 0.1) is 17.8 Å². The Hall–Kier alpha value is -2.11. The van der Waals surface area contributed by atoms with Gasteiger partial charge in [-0.3, -0.25) is 9.78 Å². The Morgan fingerprint density at radius 1 is 1.42 bits per heavy atom. The molecular formula is C13H17N3O3. The number of carboxylic acids is 1. The van der Waals surface area contributed by atoms with E-state index in [0.29, 0.717) is 12.2 Å². The zero-order valence-electron chi connectivity index (χ0n) is 11.0. The number of urea groups is 1. The van der Waals surface area contributed by atoms with Crippen LogP contribution in [0.4, 0.5) is 10.5 Å². The van der Waals surface area contributed by atoms with E-state index in [9.17, 15) is 9.59 Å². The van der Waals surface area contributed by atoms with Crippen molar-refractivity contribution in [1.82, 2.24) is 9.88 Å². The molecule has 1 aliphatic rings. The lowest BCUT2D eigenvalue weighted by Gasteiger charge is -2.16. The average Bonchev–Trinajstić information content (AvgIpc) is 2.74. The number of likely N-dealkylation sites (tertiary alicyclic amines) is 1. The van der Waals surface area contributed by atoms with Gasteiger partial charge in [0.2, 0.25) is 0 Å². The molecule has 0 aliphatic carbocycles. The number of amides is 2. The van der Waals surface area contributed by atoms with Crippen LogP contribution in [0.3, 0.4) is 0 Å². The van der Waals surface area contributed by atoms with Gasteiger partial charge in [0.1, 0.15) is 0 Å². The van der Waals surface area contributed by atoms with E-state index in [1.807, 2.05) is 19.9 Å². The lowest BCUT2D eigenvalue weighted by atomic mass is 9.99. The molecule has 102 valence electrons. The molecule has 0 saturated carbocycles. The number of nitrogens with one attached hydrogen (secondary N) is 1. The monoisotopic (exact) mass is 263 g/mol. The van der Waals surface area contributed by atoms with Crippen molar-refractivity contribution >= 4 is 17.7 Å². The summed E-state index contributed by atoms with van der Waals surface area (Å²) < 4.78 is 0. The molecule has 2 heterocycles. The van der Waals surface area contributed by atoms with E-state index in [2.05, 4.69) is 10.3 Å². The van der Waals surface area contributed by atoms with Crippen LogP contribution in [0.1, 0.15) is 12.6 Å². The van der Waals surface area contributed by atoms with Crippen LogP contribution < -0.4 is 5.32 Å². The number of carboxylic acid groups (broad SMARTS) is 1. The third-order valence-electron chi connectivity index (χ3n) is 3.38. The van der Waals surface area contributed by atoms with E-state index < -0.39 is 11.9 Å². The summed E-state index contributed by atoms with van der Waals surface area (Å²) >= 11 is 0. The van der Waals surface area contributed by atoms with Crippen LogP contribution >= 0.6 is 0 Å². The van der Waals surface area contributed by atoms with Crippen molar-refractivity contribution in [2.75, 3.05) is 18.4 Å². The predicted octanol–water partition coefficient (Wildman–Crippen LogP) is 1.57. The van der Waals surface area contributed by atoms with Crippen molar-refractivity contribution in [3.63, 3.8) is 0 Å². The third-order valence-corrected chi connectivity index (χ3v) is 3.38. The highest BCUT2D eigenvalue weighted by Gasteiger charge is 2.36. The fourth-order valence-corrected chi connectivity index (χ4v) is 2.20. The first-order valence-corrected chi connectivity index (χ1v) is 6.18. The highest BCUT2D eigenvalue weighted by atomic mass is 16.4. The summed E-state index contributed by atoms with van der Waals surface area (Å²) in [4.78, 5) is 28.6. The molecule has 2 amide bonds. The van der Waals surface area contributed by atoms with Crippen molar-refractivity contribution in [2.45, 2.75) is 13.8 Å². The van der Waals surface area contributed by atoms with Crippen molar-refractivity contribution in [1.29, 1.82) is 0 Å². The molecule has 1 aromatic rings. The Labute approximate surface area is 111 Å². The van der Waals surface area contributed by atoms with Gasteiger partial charge >= 0.3 is 12.0 Å². The molecule has 0 aromatic carbocycles. The molecule has 1 fully saturated rings. The zero-order valence-corrected chi connectivity index (χ0v) is 11.0. The van der Waals surface area contributed by atoms with Gasteiger partial charge in [-0.05, 0) is 25.0 Å². The molecule has 19 heavy (non-hydrogen) atoms. The van der Waals surface area contributed by atoms with E-state index >= 15 is 0 Å². The summed E-state index contributed by atoms with van der Waals surface area (Å²) in [5.74, 6) is -1.36. The van der Waals surface area contributed by atoms with Crippen LogP contribution in [0.15, 0.2) is 18.3 Å². The Balaban J connectivity index is 1.98. The number of aromatic nitrogens is 1. The number of hydrogen-bond donors (Lipinski definition) is 2. The molecule has 2 N–H and O–H groups in total. The smallest absolute Gasteiger partial charge is 0.321 e. The summed E-state index contributed by atoms with van der Waals surface area (Å²) in [6.45, 7) is 4.43. The van der Waals surface area contributed by atoms with E-state index in [-0.39, 0.29) is 18.5 Å². The fraction of sp³-hybridized carbons (Fsp3) is 0.462. The van der Waals surface area contributed by atoms with Crippen LogP contribution in [0, 0.1) is 18.8 Å². The molecule has 0 spiro atoms. The number of pyridine rings is 1. The van der Waals surface area contributed by atoms with Gasteiger partial charge < -0.3 is 15.3 Å². The molecule has 1 aromatic heterocycles. The number of hydrogen-bond acceptors (Lipinski definition) is 3. The van der Waals surface area contributed by atoms with Crippen molar-refractivity contribution in [3.8, 4) is 0 Å². The van der Waals surface area contributed by atoms with Crippen LogP contribution in [0.2, 0.25) is 0 Å². The van der Waals surface area contributed by atoms with Gasteiger partial charge in [-0.1, -0.05) is 6.92 Å². The van der Waals surface area contributed by atoms with Gasteiger partial charge in [0.15, 0.2) is 0 Å². The van der Waals surface area contributed by atoms with E-state index in [1.54, 1.807) is 12.3 Å². The molecular weight excluding hydrogens is 246 g/mol. The number of nitrogens with zero attached hydrogens (tertiary/aromatic N) is 2. The molecule has 1 aliphatic heterocycles. The SMILES string of the molecule is Cc1ccc(NC(=O)N2CC(C)C(C(=O)O)C2)cn1. The second kappa shape index (κ2) is 5.26. The third kappa shape index (κ3) is 3.01. The summed E-state index contributed by atoms with van der Waals surface area (Å²) in [6.07, 6.45) is 1.58. The van der Waals surface area contributed by atoms with Gasteiger partial charge in [-0.15, -0.1) is 0 Å². The summed E-state index contributed by atoms with van der Waals surface area (Å²) in [6, 6.07) is 3.30. The minimum atomic E-state index is -0.847. The molecule has 0 radical (unpaired) electrons. The number of aliphatic carboxylic acids is 1. The highest BCUT2D eigenvalue weighted by Crippen LogP contribution is 2.23. The first kappa shape index (κ1) is 13.3. The molecule has 2 atom stereocenters. The Morgan fingerprint density at radius 2 is 2.16 bits per heavy atom. The van der Waals surface area contributed by atoms with Gasteiger partial charge in [-0.25, -0.2) is 4.79 Å². The second-order valence-corrected chi connectivity index (χ2v) is 4.95. The topological polar surface area (TPSA) is 82.5 Å². The van der Waals surface area contributed by atoms with Gasteiger partial charge in [-0.2, -0.15) is 0 Å². The molecule has 6 nitrogen and oxygen atoms in total. The van der Waals surface area contributed by atoms with E-state index in [1.165, 1.54) is 4.90 Å². The van der Waals surface area contributed by atoms with Gasteiger partial charge in [0, 0.05) is 18.8 Å². The number of carbonyl (C=O) groups excluding carboxylic acids is 1. The zero-order chi connectivity index (χ0) is 14.0. The first-order chi connectivity index (χ1) is 8.97. The summed E-state index contributed by atoms with van der Waals surface area (Å²) in [7, 11) is 0. The minimum absolute atomic E-state index is 0.0283. The van der Waals surface area contributed by atoms with Crippen molar-refractivity contribution < 1.29 is 14.7 Å². The molecule has 2 unspecified atom stereocenters. The van der Waals surface area contributed by atoms with E-state index in [0.717, 1.165) is 5.69 Å². The molecule has 0 bridgehead atoms. The maximum atomic E-state index is 12.0. The standard InChI is InChI=1S/C13H17N3O3/c1-8-6-16(7-11(8)12(17)18)13(19)15-10-4-3-9(2)14-5-10/h3-5,8,11H,6-7H2,1-2H3,(H,15,19)(H,17,18). The maximum Gasteiger partial charge on any atom is 0.321 e. The summed E-state index contributed by atoms with van der Waals surface area (Å²) in [5, 5.41) is 11.8. The lowest BCUT2D eigenvalue weighted by Crippen LogP contribution is -2.33. The van der Waals surface area contributed by atoms with Crippen molar-refractivity contribution in [2.24, 2.45) is 11.8 Å². The highest BCUT2D eigenvalue weighted by molar-refractivity contribution is 5.89. The lowest BCUT2D eigenvalue weighted by molar-refractivity contribution is -0.142. The largest absolute Gasteiger partial charge is 0.481 e. The maximum absolute atomic E-state index is 12.0. The minimum Gasteiger partial charge on any atom is -0.481 e. The van der Waals surface area contributed by atoms with Crippen LogP contribution in [0.5, 0.6) is 0 Å². The number of rotatable bonds is 2. The number of carbonyl (C=O) groups is 2. The average molecular weight is 263 g/mol. The second-order valence-electron chi connectivity index (χ2n) is 4.95. The number of anilines is 1. The van der Waals surface area contributed by atoms with Crippen LogP contribution in [0.25, 0.3) is 0 Å². The van der Waals surface area contributed by atoms with Crippen molar-refractivity contribution in [3.05, 3.63) is 24.0 Å². The normalized spacial score (nSPS) is 22.3. The molecule has 1 saturated heterocycles. The van der Waals surface area contributed by atoms with Gasteiger partial charge in [0.25, 0.3) is 0 Å². The Morgan fingerprint density at radius 3 is 2.68 bits per heavy atom. The molecule has 6 heteroatoms. The molecule has 2 rings (SSSR count). The Kier molecular flexibility index (Phi) is 3.69. The van der Waals surface area contributed by atoms with E-state index in [4.69, 9.17) is 5.11 Å². The predicted molar refractivity (Wildman–Crippen MR) is 69.9 cm³/mol. The van der Waals surface area contributed by atoms with Crippen LogP contribution in [-0.2, 0) is 4.79 Å². The van der Waals surface area contributed by atoms with Crippen LogP contribution in [-0.4, -0.2) is 40.1 Å². The number of aryl methyl sites for hydroxylation is 1.